The third-order valence-corrected chi connectivity index (χ3v) is 5.05. The summed E-state index contributed by atoms with van der Waals surface area (Å²) in [7, 11) is 1.96. The average molecular weight is 283 g/mol. The molecule has 0 aliphatic heterocycles. The van der Waals surface area contributed by atoms with Crippen molar-refractivity contribution in [3.63, 3.8) is 0 Å². The molecule has 1 nitrogen and oxygen atoms in total. The van der Waals surface area contributed by atoms with Crippen molar-refractivity contribution in [3.8, 4) is 0 Å². The Labute approximate surface area is 117 Å². The van der Waals surface area contributed by atoms with E-state index in [4.69, 9.17) is 0 Å². The van der Waals surface area contributed by atoms with Crippen molar-refractivity contribution < 1.29 is 13.2 Å². The van der Waals surface area contributed by atoms with Gasteiger partial charge in [-0.1, -0.05) is 18.6 Å². The number of fused-ring (bicyclic) bond motifs is 1. The molecule has 0 amide bonds. The van der Waals surface area contributed by atoms with Gasteiger partial charge in [0.15, 0.2) is 0 Å². The molecule has 20 heavy (non-hydrogen) atoms. The van der Waals surface area contributed by atoms with Crippen molar-refractivity contribution in [2.75, 3.05) is 7.05 Å². The molecule has 0 spiro atoms. The molecule has 3 rings (SSSR count). The van der Waals surface area contributed by atoms with Crippen molar-refractivity contribution in [2.45, 2.75) is 37.9 Å². The van der Waals surface area contributed by atoms with Crippen LogP contribution in [0.3, 0.4) is 0 Å². The summed E-state index contributed by atoms with van der Waals surface area (Å²) < 4.78 is 37.6. The summed E-state index contributed by atoms with van der Waals surface area (Å²) in [5.74, 6) is 2.46. The lowest BCUT2D eigenvalue weighted by molar-refractivity contribution is -0.137. The van der Waals surface area contributed by atoms with Gasteiger partial charge >= 0.3 is 6.18 Å². The van der Waals surface area contributed by atoms with Crippen molar-refractivity contribution in [2.24, 2.45) is 17.8 Å². The molecule has 3 unspecified atom stereocenters. The summed E-state index contributed by atoms with van der Waals surface area (Å²) in [5, 5.41) is 3.36. The molecule has 0 radical (unpaired) electrons. The number of rotatable bonds is 4. The maximum Gasteiger partial charge on any atom is 0.416 e. The summed E-state index contributed by atoms with van der Waals surface area (Å²) in [4.78, 5) is 0. The van der Waals surface area contributed by atoms with Crippen LogP contribution >= 0.6 is 0 Å². The molecule has 0 bridgehead atoms. The number of nitrogens with one attached hydrogen (secondary N) is 1. The zero-order chi connectivity index (χ0) is 14.3. The fourth-order valence-corrected chi connectivity index (χ4v) is 3.99. The molecule has 2 saturated carbocycles. The Morgan fingerprint density at radius 3 is 2.25 bits per heavy atom. The predicted molar refractivity (Wildman–Crippen MR) is 72.3 cm³/mol. The van der Waals surface area contributed by atoms with E-state index in [-0.39, 0.29) is 0 Å². The van der Waals surface area contributed by atoms with E-state index in [9.17, 15) is 13.2 Å². The van der Waals surface area contributed by atoms with Crippen LogP contribution in [0.15, 0.2) is 24.3 Å². The van der Waals surface area contributed by atoms with Gasteiger partial charge in [-0.05, 0) is 61.8 Å². The minimum atomic E-state index is -4.24. The Morgan fingerprint density at radius 1 is 1.15 bits per heavy atom. The Morgan fingerprint density at radius 2 is 1.75 bits per heavy atom. The second-order valence-electron chi connectivity index (χ2n) is 6.13. The largest absolute Gasteiger partial charge is 0.416 e. The fourth-order valence-electron chi connectivity index (χ4n) is 3.99. The zero-order valence-corrected chi connectivity index (χ0v) is 11.6. The highest BCUT2D eigenvalue weighted by molar-refractivity contribution is 5.26. The van der Waals surface area contributed by atoms with Crippen LogP contribution in [0.2, 0.25) is 0 Å². The van der Waals surface area contributed by atoms with Crippen LogP contribution < -0.4 is 5.32 Å². The Bertz CT molecular complexity index is 456. The van der Waals surface area contributed by atoms with Crippen molar-refractivity contribution in [1.29, 1.82) is 0 Å². The number of benzene rings is 1. The van der Waals surface area contributed by atoms with Gasteiger partial charge in [-0.2, -0.15) is 13.2 Å². The van der Waals surface area contributed by atoms with Gasteiger partial charge in [-0.15, -0.1) is 0 Å². The normalized spacial score (nSPS) is 30.1. The summed E-state index contributed by atoms with van der Waals surface area (Å²) in [6.07, 6.45) is 0.602. The molecule has 1 N–H and O–H groups in total. The molecule has 4 heteroatoms. The van der Waals surface area contributed by atoms with Gasteiger partial charge in [0.25, 0.3) is 0 Å². The van der Waals surface area contributed by atoms with E-state index in [0.29, 0.717) is 6.04 Å². The van der Waals surface area contributed by atoms with Crippen molar-refractivity contribution in [1.82, 2.24) is 5.32 Å². The average Bonchev–Trinajstić information content (AvgIpc) is 2.88. The molecule has 2 aliphatic carbocycles. The SMILES string of the molecule is CNC(Cc1ccc(C(F)(F)F)cc1)C1C2CCCC21. The lowest BCUT2D eigenvalue weighted by Crippen LogP contribution is -2.31. The highest BCUT2D eigenvalue weighted by Gasteiger charge is 2.55. The van der Waals surface area contributed by atoms with Gasteiger partial charge in [0, 0.05) is 6.04 Å². The molecular formula is C16H20F3N. The van der Waals surface area contributed by atoms with E-state index in [1.54, 1.807) is 12.1 Å². The van der Waals surface area contributed by atoms with Gasteiger partial charge in [0.1, 0.15) is 0 Å². The Balaban J connectivity index is 1.64. The van der Waals surface area contributed by atoms with Crippen LogP contribution in [0.25, 0.3) is 0 Å². The van der Waals surface area contributed by atoms with E-state index in [0.717, 1.165) is 29.7 Å². The van der Waals surface area contributed by atoms with Crippen LogP contribution in [-0.2, 0) is 12.6 Å². The molecular weight excluding hydrogens is 263 g/mol. The fraction of sp³-hybridized carbons (Fsp3) is 0.625. The van der Waals surface area contributed by atoms with Crippen LogP contribution in [0.4, 0.5) is 13.2 Å². The van der Waals surface area contributed by atoms with Crippen LogP contribution in [0.1, 0.15) is 30.4 Å². The maximum absolute atomic E-state index is 12.5. The smallest absolute Gasteiger partial charge is 0.316 e. The second-order valence-corrected chi connectivity index (χ2v) is 6.13. The molecule has 110 valence electrons. The first-order chi connectivity index (χ1) is 9.50. The molecule has 2 fully saturated rings. The van der Waals surface area contributed by atoms with E-state index in [1.165, 1.54) is 31.4 Å². The van der Waals surface area contributed by atoms with E-state index < -0.39 is 11.7 Å². The standard InChI is InChI=1S/C16H20F3N/c1-20-14(15-12-3-2-4-13(12)15)9-10-5-7-11(8-6-10)16(17,18)19/h5-8,12-15,20H,2-4,9H2,1H3. The number of likely N-dealkylation sites (N-methyl/N-ethyl adjacent to an activating group) is 1. The van der Waals surface area contributed by atoms with Gasteiger partial charge in [0.05, 0.1) is 5.56 Å². The highest BCUT2D eigenvalue weighted by Crippen LogP contribution is 2.59. The monoisotopic (exact) mass is 283 g/mol. The molecule has 0 aromatic heterocycles. The third-order valence-electron chi connectivity index (χ3n) is 5.05. The summed E-state index contributed by atoms with van der Waals surface area (Å²) in [6.45, 7) is 0. The zero-order valence-electron chi connectivity index (χ0n) is 11.6. The second kappa shape index (κ2) is 5.06. The molecule has 0 saturated heterocycles. The number of hydrogen-bond donors (Lipinski definition) is 1. The summed E-state index contributed by atoms with van der Waals surface area (Å²) in [5.41, 5.74) is 0.424. The molecule has 1 aromatic carbocycles. The molecule has 0 heterocycles. The third kappa shape index (κ3) is 2.58. The number of alkyl halides is 3. The first kappa shape index (κ1) is 13.9. The van der Waals surface area contributed by atoms with Crippen molar-refractivity contribution in [3.05, 3.63) is 35.4 Å². The number of halogens is 3. The first-order valence-corrected chi connectivity index (χ1v) is 7.34. The lowest BCUT2D eigenvalue weighted by Gasteiger charge is -2.18. The first-order valence-electron chi connectivity index (χ1n) is 7.34. The Kier molecular flexibility index (Phi) is 3.53. The van der Waals surface area contributed by atoms with Gasteiger partial charge < -0.3 is 5.32 Å². The van der Waals surface area contributed by atoms with Crippen LogP contribution in [0.5, 0.6) is 0 Å². The van der Waals surface area contributed by atoms with Gasteiger partial charge in [-0.25, -0.2) is 0 Å². The summed E-state index contributed by atoms with van der Waals surface area (Å²) >= 11 is 0. The quantitative estimate of drug-likeness (QED) is 0.884. The summed E-state index contributed by atoms with van der Waals surface area (Å²) in [6, 6.07) is 6.02. The van der Waals surface area contributed by atoms with Crippen LogP contribution in [0, 0.1) is 17.8 Å². The number of hydrogen-bond acceptors (Lipinski definition) is 1. The van der Waals surface area contributed by atoms with E-state index >= 15 is 0 Å². The Hall–Kier alpha value is -1.03. The highest BCUT2D eigenvalue weighted by atomic mass is 19.4. The van der Waals surface area contributed by atoms with Gasteiger partial charge in [-0.3, -0.25) is 0 Å². The molecule has 1 aromatic rings. The minimum absolute atomic E-state index is 0.405. The maximum atomic E-state index is 12.5. The van der Waals surface area contributed by atoms with E-state index in [2.05, 4.69) is 5.32 Å². The van der Waals surface area contributed by atoms with E-state index in [1.807, 2.05) is 7.05 Å². The lowest BCUT2D eigenvalue weighted by atomic mass is 9.96. The van der Waals surface area contributed by atoms with Crippen LogP contribution in [-0.4, -0.2) is 13.1 Å². The minimum Gasteiger partial charge on any atom is -0.316 e. The topological polar surface area (TPSA) is 12.0 Å². The molecule has 2 aliphatic rings. The predicted octanol–water partition coefficient (Wildman–Crippen LogP) is 3.88. The van der Waals surface area contributed by atoms with Crippen molar-refractivity contribution >= 4 is 0 Å². The molecule has 3 atom stereocenters. The van der Waals surface area contributed by atoms with Gasteiger partial charge in [0.2, 0.25) is 0 Å².